The maximum Gasteiger partial charge on any atom is 0.340 e. The second-order valence-corrected chi connectivity index (χ2v) is 4.65. The minimum Gasteiger partial charge on any atom is -0.457 e. The maximum absolute atomic E-state index is 13.2. The predicted molar refractivity (Wildman–Crippen MR) is 76.1 cm³/mol. The summed E-state index contributed by atoms with van der Waals surface area (Å²) < 4.78 is 18.2. The largest absolute Gasteiger partial charge is 0.457 e. The molecular weight excluding hydrogens is 295 g/mol. The number of carbonyl (C=O) groups excluding carboxylic acids is 1. The van der Waals surface area contributed by atoms with Gasteiger partial charge in [-0.2, -0.15) is 5.26 Å². The van der Waals surface area contributed by atoms with Gasteiger partial charge in [-0.15, -0.1) is 0 Å². The number of esters is 1. The Bertz CT molecular complexity index is 741. The van der Waals surface area contributed by atoms with Crippen molar-refractivity contribution in [3.05, 3.63) is 63.9 Å². The van der Waals surface area contributed by atoms with Crippen LogP contribution in [0.1, 0.15) is 21.5 Å². The van der Waals surface area contributed by atoms with E-state index in [1.54, 1.807) is 12.1 Å². The van der Waals surface area contributed by atoms with Crippen molar-refractivity contribution in [2.24, 2.45) is 0 Å². The normalized spacial score (nSPS) is 9.95. The lowest BCUT2D eigenvalue weighted by molar-refractivity contribution is 0.0473. The molecule has 0 spiro atoms. The van der Waals surface area contributed by atoms with Gasteiger partial charge in [0, 0.05) is 5.69 Å². The highest BCUT2D eigenvalue weighted by molar-refractivity contribution is 6.33. The van der Waals surface area contributed by atoms with Crippen LogP contribution in [0.25, 0.3) is 0 Å². The summed E-state index contributed by atoms with van der Waals surface area (Å²) in [5, 5.41) is 8.96. The Morgan fingerprint density at radius 2 is 2.10 bits per heavy atom. The summed E-state index contributed by atoms with van der Waals surface area (Å²) in [5.74, 6) is -1.26. The molecule has 0 fully saturated rings. The molecule has 2 aromatic carbocycles. The van der Waals surface area contributed by atoms with Crippen LogP contribution in [-0.2, 0) is 11.3 Å². The first-order chi connectivity index (χ1) is 10.0. The first-order valence-electron chi connectivity index (χ1n) is 5.92. The number of nitriles is 1. The molecule has 2 aromatic rings. The number of rotatable bonds is 3. The predicted octanol–water partition coefficient (Wildman–Crippen LogP) is 3.29. The fourth-order valence-corrected chi connectivity index (χ4v) is 1.87. The van der Waals surface area contributed by atoms with Crippen LogP contribution < -0.4 is 5.73 Å². The molecule has 0 heterocycles. The zero-order valence-electron chi connectivity index (χ0n) is 10.8. The number of benzene rings is 2. The second kappa shape index (κ2) is 6.25. The Balaban J connectivity index is 2.11. The molecule has 0 aliphatic rings. The lowest BCUT2D eigenvalue weighted by Gasteiger charge is -2.07. The molecule has 0 atom stereocenters. The van der Waals surface area contributed by atoms with Crippen LogP contribution in [0.4, 0.5) is 10.1 Å². The van der Waals surface area contributed by atoms with Crippen LogP contribution in [0.3, 0.4) is 0 Å². The molecule has 0 saturated carbocycles. The summed E-state index contributed by atoms with van der Waals surface area (Å²) >= 11 is 5.89. The van der Waals surface area contributed by atoms with Crippen LogP contribution in [0, 0.1) is 17.1 Å². The Hall–Kier alpha value is -2.58. The minimum absolute atomic E-state index is 0.0983. The van der Waals surface area contributed by atoms with E-state index in [9.17, 15) is 9.18 Å². The number of nitrogens with zero attached hydrogens (tertiary/aromatic N) is 1. The molecule has 0 aliphatic heterocycles. The average Bonchev–Trinajstić information content (AvgIpc) is 2.48. The number of ether oxygens (including phenoxy) is 1. The molecule has 2 N–H and O–H groups in total. The minimum atomic E-state index is -0.643. The van der Waals surface area contributed by atoms with Crippen LogP contribution in [0.5, 0.6) is 0 Å². The molecule has 0 saturated heterocycles. The topological polar surface area (TPSA) is 76.1 Å². The Morgan fingerprint density at radius 3 is 2.81 bits per heavy atom. The third kappa shape index (κ3) is 3.50. The van der Waals surface area contributed by atoms with Gasteiger partial charge >= 0.3 is 5.97 Å². The van der Waals surface area contributed by atoms with Gasteiger partial charge in [-0.1, -0.05) is 17.7 Å². The van der Waals surface area contributed by atoms with Gasteiger partial charge in [0.15, 0.2) is 0 Å². The number of hydrogen-bond donors (Lipinski definition) is 1. The van der Waals surface area contributed by atoms with Gasteiger partial charge < -0.3 is 10.5 Å². The van der Waals surface area contributed by atoms with E-state index in [1.165, 1.54) is 24.3 Å². The van der Waals surface area contributed by atoms with Gasteiger partial charge in [0.2, 0.25) is 0 Å². The molecule has 0 radical (unpaired) electrons. The highest BCUT2D eigenvalue weighted by Gasteiger charge is 2.13. The molecule has 0 aromatic heterocycles. The SMILES string of the molecule is N#Cc1cc(COC(=O)c2cc(N)ccc2Cl)ccc1F. The highest BCUT2D eigenvalue weighted by atomic mass is 35.5. The highest BCUT2D eigenvalue weighted by Crippen LogP contribution is 2.20. The van der Waals surface area contributed by atoms with E-state index in [0.29, 0.717) is 11.3 Å². The molecular formula is C15H10ClFN2O2. The molecule has 0 aliphatic carbocycles. The number of nitrogen functional groups attached to an aromatic ring is 1. The van der Waals surface area contributed by atoms with E-state index in [1.807, 2.05) is 0 Å². The van der Waals surface area contributed by atoms with E-state index >= 15 is 0 Å². The number of carbonyl (C=O) groups is 1. The van der Waals surface area contributed by atoms with Crippen LogP contribution in [0.15, 0.2) is 36.4 Å². The number of halogens is 2. The zero-order valence-corrected chi connectivity index (χ0v) is 11.5. The van der Waals surface area contributed by atoms with E-state index in [-0.39, 0.29) is 22.8 Å². The monoisotopic (exact) mass is 304 g/mol. The third-order valence-electron chi connectivity index (χ3n) is 2.73. The summed E-state index contributed by atoms with van der Waals surface area (Å²) in [6.45, 7) is -0.0983. The smallest absolute Gasteiger partial charge is 0.340 e. The first-order valence-corrected chi connectivity index (χ1v) is 6.29. The standard InChI is InChI=1S/C15H10ClFN2O2/c16-13-3-2-11(19)6-12(13)15(20)21-8-9-1-4-14(17)10(5-9)7-18/h1-6H,8,19H2. The Kier molecular flexibility index (Phi) is 4.41. The zero-order chi connectivity index (χ0) is 15.4. The van der Waals surface area contributed by atoms with E-state index in [2.05, 4.69) is 0 Å². The number of nitrogens with two attached hydrogens (primary N) is 1. The Morgan fingerprint density at radius 1 is 1.33 bits per heavy atom. The molecule has 21 heavy (non-hydrogen) atoms. The first kappa shape index (κ1) is 14.8. The van der Waals surface area contributed by atoms with Crippen LogP contribution in [-0.4, -0.2) is 5.97 Å². The lowest BCUT2D eigenvalue weighted by Crippen LogP contribution is -2.07. The van der Waals surface area contributed by atoms with Crippen LogP contribution >= 0.6 is 11.6 Å². The molecule has 6 heteroatoms. The summed E-state index contributed by atoms with van der Waals surface area (Å²) in [5.41, 5.74) is 6.52. The van der Waals surface area contributed by atoms with Crippen molar-refractivity contribution in [2.75, 3.05) is 5.73 Å². The number of anilines is 1. The van der Waals surface area contributed by atoms with Gasteiger partial charge in [-0.25, -0.2) is 9.18 Å². The van der Waals surface area contributed by atoms with E-state index < -0.39 is 11.8 Å². The summed E-state index contributed by atoms with van der Waals surface area (Å²) in [4.78, 5) is 11.9. The van der Waals surface area contributed by atoms with Crippen molar-refractivity contribution in [1.29, 1.82) is 5.26 Å². The molecule has 0 bridgehead atoms. The van der Waals surface area contributed by atoms with Gasteiger partial charge in [-0.3, -0.25) is 0 Å². The van der Waals surface area contributed by atoms with Crippen molar-refractivity contribution in [2.45, 2.75) is 6.61 Å². The quantitative estimate of drug-likeness (QED) is 0.697. The summed E-state index contributed by atoms with van der Waals surface area (Å²) in [6, 6.07) is 10.1. The molecule has 0 unspecified atom stereocenters. The van der Waals surface area contributed by atoms with E-state index in [0.717, 1.165) is 6.07 Å². The lowest BCUT2D eigenvalue weighted by atomic mass is 10.1. The fourth-order valence-electron chi connectivity index (χ4n) is 1.67. The summed E-state index contributed by atoms with van der Waals surface area (Å²) in [7, 11) is 0. The van der Waals surface area contributed by atoms with E-state index in [4.69, 9.17) is 27.3 Å². The molecule has 106 valence electrons. The van der Waals surface area contributed by atoms with Crippen molar-refractivity contribution in [1.82, 2.24) is 0 Å². The third-order valence-corrected chi connectivity index (χ3v) is 3.06. The van der Waals surface area contributed by atoms with Crippen molar-refractivity contribution >= 4 is 23.3 Å². The van der Waals surface area contributed by atoms with Crippen LogP contribution in [0.2, 0.25) is 5.02 Å². The molecule has 2 rings (SSSR count). The van der Waals surface area contributed by atoms with Crippen molar-refractivity contribution in [3.63, 3.8) is 0 Å². The maximum atomic E-state index is 13.2. The molecule has 0 amide bonds. The average molecular weight is 305 g/mol. The van der Waals surface area contributed by atoms with Crippen molar-refractivity contribution < 1.29 is 13.9 Å². The van der Waals surface area contributed by atoms with Gasteiger partial charge in [0.05, 0.1) is 16.1 Å². The van der Waals surface area contributed by atoms with Crippen molar-refractivity contribution in [3.8, 4) is 6.07 Å². The van der Waals surface area contributed by atoms with Gasteiger partial charge in [0.25, 0.3) is 0 Å². The van der Waals surface area contributed by atoms with Gasteiger partial charge in [0.1, 0.15) is 18.5 Å². The number of hydrogen-bond acceptors (Lipinski definition) is 4. The second-order valence-electron chi connectivity index (χ2n) is 4.24. The summed E-state index contributed by atoms with van der Waals surface area (Å²) in [6.07, 6.45) is 0. The Labute approximate surface area is 125 Å². The molecule has 4 nitrogen and oxygen atoms in total. The fraction of sp³-hybridized carbons (Fsp3) is 0.0667. The van der Waals surface area contributed by atoms with Gasteiger partial charge in [-0.05, 0) is 35.9 Å².